The number of thiophene rings is 1. The van der Waals surface area contributed by atoms with Crippen molar-refractivity contribution in [3.05, 3.63) is 20.8 Å². The first-order valence-corrected chi connectivity index (χ1v) is 8.67. The van der Waals surface area contributed by atoms with Gasteiger partial charge in [-0.05, 0) is 54.0 Å². The van der Waals surface area contributed by atoms with Crippen molar-refractivity contribution in [3.8, 4) is 0 Å². The molecular formula is C10H15BrN2O2S2. The summed E-state index contributed by atoms with van der Waals surface area (Å²) in [5.41, 5.74) is 0. The van der Waals surface area contributed by atoms with Gasteiger partial charge in [-0.25, -0.2) is 13.1 Å². The van der Waals surface area contributed by atoms with Crippen LogP contribution in [0.25, 0.3) is 0 Å². The molecule has 1 saturated heterocycles. The quantitative estimate of drug-likeness (QED) is 0.878. The maximum atomic E-state index is 12.0. The van der Waals surface area contributed by atoms with Crippen LogP contribution in [0.15, 0.2) is 15.9 Å². The minimum absolute atomic E-state index is 0.243. The van der Waals surface area contributed by atoms with Crippen LogP contribution in [0.1, 0.15) is 17.7 Å². The van der Waals surface area contributed by atoms with Crippen molar-refractivity contribution in [3.63, 3.8) is 0 Å². The Morgan fingerprint density at radius 2 is 2.12 bits per heavy atom. The molecule has 1 aromatic heterocycles. The second kappa shape index (κ2) is 5.79. The number of sulfonamides is 1. The monoisotopic (exact) mass is 338 g/mol. The highest BCUT2D eigenvalue weighted by molar-refractivity contribution is 9.11. The van der Waals surface area contributed by atoms with Crippen LogP contribution in [-0.4, -0.2) is 26.8 Å². The van der Waals surface area contributed by atoms with E-state index in [1.807, 2.05) is 12.1 Å². The van der Waals surface area contributed by atoms with Gasteiger partial charge in [0.2, 0.25) is 10.0 Å². The fourth-order valence-electron chi connectivity index (χ4n) is 1.84. The molecule has 7 heteroatoms. The summed E-state index contributed by atoms with van der Waals surface area (Å²) >= 11 is 4.91. The first kappa shape index (κ1) is 13.5. The highest BCUT2D eigenvalue weighted by atomic mass is 79.9. The van der Waals surface area contributed by atoms with Crippen LogP contribution in [0, 0.1) is 0 Å². The Labute approximate surface area is 114 Å². The van der Waals surface area contributed by atoms with Crippen LogP contribution in [0.4, 0.5) is 0 Å². The average Bonchev–Trinajstić information content (AvgIpc) is 2.74. The molecule has 2 rings (SSSR count). The molecule has 1 aliphatic heterocycles. The van der Waals surface area contributed by atoms with Crippen LogP contribution in [-0.2, 0) is 16.6 Å². The van der Waals surface area contributed by atoms with E-state index in [-0.39, 0.29) is 5.25 Å². The van der Waals surface area contributed by atoms with Gasteiger partial charge >= 0.3 is 0 Å². The molecule has 0 radical (unpaired) electrons. The number of hydrogen-bond donors (Lipinski definition) is 2. The molecule has 2 N–H and O–H groups in total. The Bertz CT molecular complexity index is 466. The molecule has 0 aromatic carbocycles. The molecule has 0 unspecified atom stereocenters. The first-order valence-electron chi connectivity index (χ1n) is 5.51. The summed E-state index contributed by atoms with van der Waals surface area (Å²) in [5, 5.41) is 2.92. The topological polar surface area (TPSA) is 58.2 Å². The van der Waals surface area contributed by atoms with Crippen molar-refractivity contribution in [2.75, 3.05) is 13.1 Å². The van der Waals surface area contributed by atoms with Gasteiger partial charge in [-0.1, -0.05) is 0 Å². The normalized spacial score (nSPS) is 18.4. The van der Waals surface area contributed by atoms with E-state index in [1.54, 1.807) is 11.3 Å². The molecule has 1 aromatic rings. The Hall–Kier alpha value is 0.0500. The van der Waals surface area contributed by atoms with E-state index in [4.69, 9.17) is 0 Å². The number of hydrogen-bond acceptors (Lipinski definition) is 4. The number of piperidine rings is 1. The molecule has 0 bridgehead atoms. The minimum Gasteiger partial charge on any atom is -0.317 e. The van der Waals surface area contributed by atoms with E-state index >= 15 is 0 Å². The van der Waals surface area contributed by atoms with Gasteiger partial charge in [-0.2, -0.15) is 0 Å². The Kier molecular flexibility index (Phi) is 4.59. The highest BCUT2D eigenvalue weighted by Crippen LogP contribution is 2.22. The van der Waals surface area contributed by atoms with Crippen LogP contribution >= 0.6 is 27.3 Å². The zero-order valence-electron chi connectivity index (χ0n) is 9.28. The molecule has 96 valence electrons. The second-order valence-electron chi connectivity index (χ2n) is 4.02. The third kappa shape index (κ3) is 3.75. The Morgan fingerprint density at radius 1 is 1.41 bits per heavy atom. The predicted molar refractivity (Wildman–Crippen MR) is 73.7 cm³/mol. The summed E-state index contributed by atoms with van der Waals surface area (Å²) in [5.74, 6) is 0. The summed E-state index contributed by atoms with van der Waals surface area (Å²) in [4.78, 5) is 1.02. The maximum absolute atomic E-state index is 12.0. The lowest BCUT2D eigenvalue weighted by atomic mass is 10.2. The fraction of sp³-hybridized carbons (Fsp3) is 0.600. The Balaban J connectivity index is 1.92. The standard InChI is InChI=1S/C10H15BrN2O2S2/c11-10-2-1-8(16-10)7-13-17(14,15)9-3-5-12-6-4-9/h1-2,9,12-13H,3-7H2. The summed E-state index contributed by atoms with van der Waals surface area (Å²) in [7, 11) is -3.17. The number of rotatable bonds is 4. The fourth-order valence-corrected chi connectivity index (χ4v) is 4.81. The lowest BCUT2D eigenvalue weighted by Gasteiger charge is -2.22. The van der Waals surface area contributed by atoms with Gasteiger partial charge in [-0.3, -0.25) is 0 Å². The van der Waals surface area contributed by atoms with Crippen LogP contribution in [0.3, 0.4) is 0 Å². The van der Waals surface area contributed by atoms with Gasteiger partial charge in [-0.15, -0.1) is 11.3 Å². The lowest BCUT2D eigenvalue weighted by molar-refractivity contribution is 0.489. The van der Waals surface area contributed by atoms with Crippen molar-refractivity contribution >= 4 is 37.3 Å². The van der Waals surface area contributed by atoms with Gasteiger partial charge in [0.15, 0.2) is 0 Å². The molecule has 1 fully saturated rings. The van der Waals surface area contributed by atoms with E-state index in [2.05, 4.69) is 26.0 Å². The van der Waals surface area contributed by atoms with Crippen LogP contribution in [0.2, 0.25) is 0 Å². The molecule has 0 atom stereocenters. The molecule has 1 aliphatic rings. The van der Waals surface area contributed by atoms with Gasteiger partial charge in [0, 0.05) is 11.4 Å². The predicted octanol–water partition coefficient (Wildman–Crippen LogP) is 1.68. The molecule has 0 amide bonds. The van der Waals surface area contributed by atoms with Gasteiger partial charge in [0.25, 0.3) is 0 Å². The summed E-state index contributed by atoms with van der Waals surface area (Å²) in [6.07, 6.45) is 1.40. The molecule has 0 aliphatic carbocycles. The summed E-state index contributed by atoms with van der Waals surface area (Å²) < 4.78 is 27.8. The van der Waals surface area contributed by atoms with Crippen LogP contribution < -0.4 is 10.0 Å². The van der Waals surface area contributed by atoms with E-state index < -0.39 is 10.0 Å². The van der Waals surface area contributed by atoms with Crippen molar-refractivity contribution in [2.24, 2.45) is 0 Å². The SMILES string of the molecule is O=S(=O)(NCc1ccc(Br)s1)C1CCNCC1. The number of nitrogens with one attached hydrogen (secondary N) is 2. The molecular weight excluding hydrogens is 324 g/mol. The van der Waals surface area contributed by atoms with Crippen molar-refractivity contribution in [2.45, 2.75) is 24.6 Å². The first-order chi connectivity index (χ1) is 8.08. The minimum atomic E-state index is -3.17. The Morgan fingerprint density at radius 3 is 2.71 bits per heavy atom. The van der Waals surface area contributed by atoms with Gasteiger partial charge < -0.3 is 5.32 Å². The van der Waals surface area contributed by atoms with Gasteiger partial charge in [0.05, 0.1) is 9.04 Å². The smallest absolute Gasteiger partial charge is 0.214 e. The largest absolute Gasteiger partial charge is 0.317 e. The molecule has 0 saturated carbocycles. The maximum Gasteiger partial charge on any atom is 0.214 e. The molecule has 17 heavy (non-hydrogen) atoms. The van der Waals surface area contributed by atoms with Crippen molar-refractivity contribution in [1.29, 1.82) is 0 Å². The van der Waals surface area contributed by atoms with E-state index in [9.17, 15) is 8.42 Å². The van der Waals surface area contributed by atoms with Crippen LogP contribution in [0.5, 0.6) is 0 Å². The van der Waals surface area contributed by atoms with Gasteiger partial charge in [0.1, 0.15) is 0 Å². The molecule has 2 heterocycles. The number of halogens is 1. The summed E-state index contributed by atoms with van der Waals surface area (Å²) in [6.45, 7) is 1.97. The van der Waals surface area contributed by atoms with E-state index in [0.717, 1.165) is 21.8 Å². The van der Waals surface area contributed by atoms with Crippen molar-refractivity contribution < 1.29 is 8.42 Å². The van der Waals surface area contributed by atoms with E-state index in [1.165, 1.54) is 0 Å². The highest BCUT2D eigenvalue weighted by Gasteiger charge is 2.26. The molecule has 4 nitrogen and oxygen atoms in total. The lowest BCUT2D eigenvalue weighted by Crippen LogP contribution is -2.41. The second-order valence-corrected chi connectivity index (χ2v) is 8.61. The zero-order valence-corrected chi connectivity index (χ0v) is 12.5. The third-order valence-electron chi connectivity index (χ3n) is 2.80. The summed E-state index contributed by atoms with van der Waals surface area (Å²) in [6, 6.07) is 3.86. The molecule has 0 spiro atoms. The third-order valence-corrected chi connectivity index (χ3v) is 6.32. The van der Waals surface area contributed by atoms with E-state index in [0.29, 0.717) is 19.4 Å². The average molecular weight is 339 g/mol. The zero-order chi connectivity index (χ0) is 12.3. The van der Waals surface area contributed by atoms with Crippen molar-refractivity contribution in [1.82, 2.24) is 10.0 Å².